The lowest BCUT2D eigenvalue weighted by molar-refractivity contribution is 0.743. The van der Waals surface area contributed by atoms with Gasteiger partial charge in [-0.25, -0.2) is 0 Å². The predicted octanol–water partition coefficient (Wildman–Crippen LogP) is 5.68. The molecule has 0 fully saturated rings. The van der Waals surface area contributed by atoms with Crippen molar-refractivity contribution in [3.63, 3.8) is 0 Å². The zero-order valence-corrected chi connectivity index (χ0v) is 13.0. The first-order valence-corrected chi connectivity index (χ1v) is 7.53. The molecule has 20 heavy (non-hydrogen) atoms. The van der Waals surface area contributed by atoms with Gasteiger partial charge < -0.3 is 5.32 Å². The molecule has 0 saturated carbocycles. The van der Waals surface area contributed by atoms with E-state index in [4.69, 9.17) is 0 Å². The van der Waals surface area contributed by atoms with Crippen molar-refractivity contribution < 1.29 is 0 Å². The van der Waals surface area contributed by atoms with E-state index in [1.54, 1.807) is 0 Å². The van der Waals surface area contributed by atoms with Gasteiger partial charge in [-0.3, -0.25) is 0 Å². The van der Waals surface area contributed by atoms with Crippen LogP contribution in [0.4, 0.5) is 5.69 Å². The van der Waals surface area contributed by atoms with Gasteiger partial charge in [-0.15, -0.1) is 0 Å². The van der Waals surface area contributed by atoms with Crippen LogP contribution in [0, 0.1) is 6.92 Å². The molecule has 2 aromatic rings. The summed E-state index contributed by atoms with van der Waals surface area (Å²) in [6, 6.07) is 17.8. The maximum Gasteiger partial charge on any atom is 0.0511 e. The Hall–Kier alpha value is -1.76. The van der Waals surface area contributed by atoms with Crippen LogP contribution in [0.2, 0.25) is 0 Å². The highest BCUT2D eigenvalue weighted by Gasteiger charge is 2.12. The molecule has 1 nitrogen and oxygen atoms in total. The molecule has 0 heterocycles. The van der Waals surface area contributed by atoms with E-state index in [9.17, 15) is 0 Å². The number of aryl methyl sites for hydroxylation is 1. The van der Waals surface area contributed by atoms with Crippen molar-refractivity contribution in [2.24, 2.45) is 0 Å². The summed E-state index contributed by atoms with van der Waals surface area (Å²) >= 11 is 0. The third-order valence-electron chi connectivity index (χ3n) is 3.80. The van der Waals surface area contributed by atoms with Gasteiger partial charge in [0.1, 0.15) is 0 Å². The van der Waals surface area contributed by atoms with Gasteiger partial charge in [0.25, 0.3) is 0 Å². The summed E-state index contributed by atoms with van der Waals surface area (Å²) in [7, 11) is 0. The molecule has 0 aromatic heterocycles. The highest BCUT2D eigenvalue weighted by atomic mass is 14.9. The van der Waals surface area contributed by atoms with Crippen molar-refractivity contribution >= 4 is 5.69 Å². The molecule has 0 aliphatic heterocycles. The fourth-order valence-corrected chi connectivity index (χ4v) is 2.54. The van der Waals surface area contributed by atoms with Crippen LogP contribution in [0.25, 0.3) is 0 Å². The Labute approximate surface area is 123 Å². The number of hydrogen-bond donors (Lipinski definition) is 1. The van der Waals surface area contributed by atoms with Gasteiger partial charge in [-0.05, 0) is 36.5 Å². The fourth-order valence-electron chi connectivity index (χ4n) is 2.54. The number of hydrogen-bond acceptors (Lipinski definition) is 1. The second-order valence-electron chi connectivity index (χ2n) is 5.76. The Morgan fingerprint density at radius 2 is 1.60 bits per heavy atom. The molecule has 1 heteroatoms. The first kappa shape index (κ1) is 14.6. The molecular formula is C19H25N. The largest absolute Gasteiger partial charge is 0.378 e. The Morgan fingerprint density at radius 3 is 2.20 bits per heavy atom. The lowest BCUT2D eigenvalue weighted by atomic mass is 9.98. The second-order valence-corrected chi connectivity index (χ2v) is 5.76. The Balaban J connectivity index is 2.24. The molecule has 0 radical (unpaired) electrons. The minimum absolute atomic E-state index is 0.371. The van der Waals surface area contributed by atoms with E-state index in [-0.39, 0.29) is 0 Å². The van der Waals surface area contributed by atoms with E-state index in [0.29, 0.717) is 12.0 Å². The molecule has 2 rings (SSSR count). The molecular weight excluding hydrogens is 242 g/mol. The lowest BCUT2D eigenvalue weighted by Crippen LogP contribution is -2.11. The van der Waals surface area contributed by atoms with Crippen molar-refractivity contribution in [3.8, 4) is 0 Å². The van der Waals surface area contributed by atoms with Crippen LogP contribution in [-0.4, -0.2) is 0 Å². The Bertz CT molecular complexity index is 540. The summed E-state index contributed by atoms with van der Waals surface area (Å²) in [6.07, 6.45) is 1.08. The van der Waals surface area contributed by atoms with Gasteiger partial charge in [-0.2, -0.15) is 0 Å². The first-order chi connectivity index (χ1) is 9.61. The summed E-state index contributed by atoms with van der Waals surface area (Å²) in [5, 5.41) is 3.71. The highest BCUT2D eigenvalue weighted by molar-refractivity contribution is 5.54. The van der Waals surface area contributed by atoms with Gasteiger partial charge in [0.05, 0.1) is 6.04 Å². The average Bonchev–Trinajstić information content (AvgIpc) is 2.46. The van der Waals surface area contributed by atoms with Crippen LogP contribution >= 0.6 is 0 Å². The van der Waals surface area contributed by atoms with Gasteiger partial charge in [0.15, 0.2) is 0 Å². The third kappa shape index (κ3) is 3.41. The number of anilines is 1. The maximum absolute atomic E-state index is 3.71. The highest BCUT2D eigenvalue weighted by Crippen LogP contribution is 2.29. The molecule has 0 aliphatic carbocycles. The third-order valence-corrected chi connectivity index (χ3v) is 3.80. The van der Waals surface area contributed by atoms with E-state index in [1.165, 1.54) is 22.4 Å². The summed E-state index contributed by atoms with van der Waals surface area (Å²) in [6.45, 7) is 8.85. The lowest BCUT2D eigenvalue weighted by Gasteiger charge is -2.22. The van der Waals surface area contributed by atoms with E-state index >= 15 is 0 Å². The molecule has 0 spiro atoms. The normalized spacial score (nSPS) is 12.4. The molecule has 1 atom stereocenters. The number of nitrogens with one attached hydrogen (secondary N) is 1. The fraction of sp³-hybridized carbons (Fsp3) is 0.368. The molecule has 0 bridgehead atoms. The zero-order chi connectivity index (χ0) is 14.5. The van der Waals surface area contributed by atoms with Crippen molar-refractivity contribution in [2.75, 3.05) is 5.32 Å². The van der Waals surface area contributed by atoms with Crippen LogP contribution < -0.4 is 5.32 Å². The Kier molecular flexibility index (Phi) is 4.84. The van der Waals surface area contributed by atoms with Gasteiger partial charge in [0.2, 0.25) is 0 Å². The van der Waals surface area contributed by atoms with E-state index in [2.05, 4.69) is 81.5 Å². The molecule has 0 aliphatic rings. The topological polar surface area (TPSA) is 12.0 Å². The Morgan fingerprint density at radius 1 is 0.950 bits per heavy atom. The van der Waals surface area contributed by atoms with Crippen LogP contribution in [-0.2, 0) is 0 Å². The van der Waals surface area contributed by atoms with E-state index in [0.717, 1.165) is 6.42 Å². The maximum atomic E-state index is 3.71. The van der Waals surface area contributed by atoms with Gasteiger partial charge in [-0.1, -0.05) is 68.8 Å². The average molecular weight is 267 g/mol. The van der Waals surface area contributed by atoms with Crippen molar-refractivity contribution in [2.45, 2.75) is 46.1 Å². The minimum atomic E-state index is 0.371. The number of benzene rings is 2. The smallest absolute Gasteiger partial charge is 0.0511 e. The van der Waals surface area contributed by atoms with Crippen LogP contribution in [0.3, 0.4) is 0 Å². The van der Waals surface area contributed by atoms with Crippen LogP contribution in [0.5, 0.6) is 0 Å². The van der Waals surface area contributed by atoms with Crippen molar-refractivity contribution in [1.29, 1.82) is 0 Å². The molecule has 1 unspecified atom stereocenters. The standard InChI is InChI=1S/C19H25N/c1-5-18(16-12-10-15(4)11-13-16)20-19-9-7-6-8-17(19)14(2)3/h6-14,18,20H,5H2,1-4H3. The van der Waals surface area contributed by atoms with Gasteiger partial charge in [0, 0.05) is 5.69 Å². The van der Waals surface area contributed by atoms with Crippen LogP contribution in [0.1, 0.15) is 55.8 Å². The quantitative estimate of drug-likeness (QED) is 0.734. The summed E-state index contributed by atoms with van der Waals surface area (Å²) in [5.41, 5.74) is 5.32. The summed E-state index contributed by atoms with van der Waals surface area (Å²) < 4.78 is 0. The van der Waals surface area contributed by atoms with Crippen molar-refractivity contribution in [1.82, 2.24) is 0 Å². The minimum Gasteiger partial charge on any atom is -0.378 e. The first-order valence-electron chi connectivity index (χ1n) is 7.53. The van der Waals surface area contributed by atoms with E-state index < -0.39 is 0 Å². The van der Waals surface area contributed by atoms with Crippen molar-refractivity contribution in [3.05, 3.63) is 65.2 Å². The second kappa shape index (κ2) is 6.60. The van der Waals surface area contributed by atoms with E-state index in [1.807, 2.05) is 0 Å². The predicted molar refractivity (Wildman–Crippen MR) is 88.4 cm³/mol. The molecule has 1 N–H and O–H groups in total. The summed E-state index contributed by atoms with van der Waals surface area (Å²) in [5.74, 6) is 0.536. The number of rotatable bonds is 5. The number of para-hydroxylation sites is 1. The molecule has 2 aromatic carbocycles. The zero-order valence-electron chi connectivity index (χ0n) is 13.0. The van der Waals surface area contributed by atoms with Gasteiger partial charge >= 0.3 is 0 Å². The molecule has 106 valence electrons. The SMILES string of the molecule is CCC(Nc1ccccc1C(C)C)c1ccc(C)cc1. The molecule has 0 saturated heterocycles. The monoisotopic (exact) mass is 267 g/mol. The van der Waals surface area contributed by atoms with Crippen LogP contribution in [0.15, 0.2) is 48.5 Å². The summed E-state index contributed by atoms with van der Waals surface area (Å²) in [4.78, 5) is 0. The molecule has 0 amide bonds.